The Kier molecular flexibility index (Phi) is 4.79. The van der Waals surface area contributed by atoms with Gasteiger partial charge in [0.05, 0.1) is 25.1 Å². The molecule has 0 aliphatic heterocycles. The first-order valence-corrected chi connectivity index (χ1v) is 6.36. The Hall–Kier alpha value is -1.30. The lowest BCUT2D eigenvalue weighted by atomic mass is 9.81. The Morgan fingerprint density at radius 3 is 2.32 bits per heavy atom. The predicted octanol–water partition coefficient (Wildman–Crippen LogP) is 3.36. The summed E-state index contributed by atoms with van der Waals surface area (Å²) in [6, 6.07) is 1.53. The van der Waals surface area contributed by atoms with E-state index in [9.17, 15) is 9.18 Å². The summed E-state index contributed by atoms with van der Waals surface area (Å²) in [4.78, 5) is 10.9. The number of carboxylic acid groups (broad SMARTS) is 1. The third-order valence-corrected chi connectivity index (χ3v) is 3.44. The van der Waals surface area contributed by atoms with Gasteiger partial charge >= 0.3 is 5.97 Å². The van der Waals surface area contributed by atoms with Crippen LogP contribution in [0, 0.1) is 5.82 Å². The van der Waals surface area contributed by atoms with E-state index in [1.54, 1.807) is 13.8 Å². The topological polar surface area (TPSA) is 55.8 Å². The van der Waals surface area contributed by atoms with Gasteiger partial charge in [-0.2, -0.15) is 0 Å². The number of halogens is 2. The zero-order chi connectivity index (χ0) is 14.8. The Bertz CT molecular complexity index is 500. The molecule has 0 aromatic heterocycles. The summed E-state index contributed by atoms with van der Waals surface area (Å²) in [7, 11) is 2.73. The fraction of sp³-hybridized carbons (Fsp3) is 0.462. The molecule has 1 rings (SSSR count). The zero-order valence-electron chi connectivity index (χ0n) is 11.2. The lowest BCUT2D eigenvalue weighted by molar-refractivity contribution is -0.138. The van der Waals surface area contributed by atoms with Crippen molar-refractivity contribution in [1.82, 2.24) is 0 Å². The van der Waals surface area contributed by atoms with Crippen molar-refractivity contribution >= 4 is 21.9 Å². The molecule has 0 saturated heterocycles. The van der Waals surface area contributed by atoms with Gasteiger partial charge in [0.1, 0.15) is 0 Å². The summed E-state index contributed by atoms with van der Waals surface area (Å²) in [5, 5.41) is 8.97. The normalized spacial score (nSPS) is 11.3. The Morgan fingerprint density at radius 1 is 1.37 bits per heavy atom. The van der Waals surface area contributed by atoms with Crippen LogP contribution in [-0.2, 0) is 10.2 Å². The largest absolute Gasteiger partial charge is 0.492 e. The molecule has 0 fully saturated rings. The van der Waals surface area contributed by atoms with Gasteiger partial charge in [0.15, 0.2) is 17.3 Å². The number of methoxy groups -OCH3 is 2. The second kappa shape index (κ2) is 5.77. The highest BCUT2D eigenvalue weighted by molar-refractivity contribution is 9.10. The van der Waals surface area contributed by atoms with E-state index in [4.69, 9.17) is 14.6 Å². The highest BCUT2D eigenvalue weighted by atomic mass is 79.9. The highest BCUT2D eigenvalue weighted by Gasteiger charge is 2.31. The van der Waals surface area contributed by atoms with Crippen molar-refractivity contribution in [3.8, 4) is 11.5 Å². The maximum Gasteiger partial charge on any atom is 0.304 e. The van der Waals surface area contributed by atoms with E-state index in [0.29, 0.717) is 5.56 Å². The molecule has 1 aromatic carbocycles. The van der Waals surface area contributed by atoms with Crippen LogP contribution in [0.2, 0.25) is 0 Å². The molecular formula is C13H16BrFO4. The quantitative estimate of drug-likeness (QED) is 0.897. The molecule has 0 spiro atoms. The molecule has 0 atom stereocenters. The third kappa shape index (κ3) is 3.18. The predicted molar refractivity (Wildman–Crippen MR) is 72.5 cm³/mol. The molecule has 0 unspecified atom stereocenters. The lowest BCUT2D eigenvalue weighted by Gasteiger charge is -2.27. The van der Waals surface area contributed by atoms with Gasteiger partial charge < -0.3 is 14.6 Å². The van der Waals surface area contributed by atoms with Crippen LogP contribution < -0.4 is 9.47 Å². The number of rotatable bonds is 5. The lowest BCUT2D eigenvalue weighted by Crippen LogP contribution is -2.23. The molecule has 0 heterocycles. The molecule has 19 heavy (non-hydrogen) atoms. The molecule has 0 aliphatic carbocycles. The van der Waals surface area contributed by atoms with Crippen LogP contribution in [-0.4, -0.2) is 25.3 Å². The van der Waals surface area contributed by atoms with Crippen molar-refractivity contribution in [3.63, 3.8) is 0 Å². The fourth-order valence-electron chi connectivity index (χ4n) is 1.95. The molecule has 0 bridgehead atoms. The minimum Gasteiger partial charge on any atom is -0.492 e. The Morgan fingerprint density at radius 2 is 1.89 bits per heavy atom. The molecule has 0 saturated carbocycles. The number of benzene rings is 1. The Balaban J connectivity index is 3.50. The van der Waals surface area contributed by atoms with Gasteiger partial charge in [-0.1, -0.05) is 13.8 Å². The summed E-state index contributed by atoms with van der Waals surface area (Å²) < 4.78 is 24.3. The van der Waals surface area contributed by atoms with Gasteiger partial charge in [-0.05, 0) is 22.0 Å². The standard InChI is InChI=1S/C13H16BrFO4/c1-13(2,6-9(16)17)7-5-8(14)10(15)12(19-4)11(7)18-3/h5H,6H2,1-4H3,(H,16,17). The number of ether oxygens (including phenoxy) is 2. The van der Waals surface area contributed by atoms with Crippen molar-refractivity contribution in [2.45, 2.75) is 25.7 Å². The van der Waals surface area contributed by atoms with Crippen LogP contribution in [0.1, 0.15) is 25.8 Å². The first-order chi connectivity index (χ1) is 8.74. The highest BCUT2D eigenvalue weighted by Crippen LogP contribution is 2.44. The summed E-state index contributed by atoms with van der Waals surface area (Å²) in [6.45, 7) is 3.51. The van der Waals surface area contributed by atoms with E-state index in [0.717, 1.165) is 0 Å². The smallest absolute Gasteiger partial charge is 0.304 e. The van der Waals surface area contributed by atoms with E-state index < -0.39 is 17.2 Å². The number of aliphatic carboxylic acids is 1. The summed E-state index contributed by atoms with van der Waals surface area (Å²) in [5.74, 6) is -1.33. The molecule has 6 heteroatoms. The first kappa shape index (κ1) is 15.8. The van der Waals surface area contributed by atoms with Crippen molar-refractivity contribution in [1.29, 1.82) is 0 Å². The molecule has 106 valence electrons. The number of carbonyl (C=O) groups is 1. The second-order valence-corrected chi connectivity index (χ2v) is 5.60. The number of hydrogen-bond donors (Lipinski definition) is 1. The molecule has 0 amide bonds. The van der Waals surface area contributed by atoms with Gasteiger partial charge in [-0.25, -0.2) is 4.39 Å². The molecule has 0 aliphatic rings. The zero-order valence-corrected chi connectivity index (χ0v) is 12.8. The second-order valence-electron chi connectivity index (χ2n) is 4.74. The average Bonchev–Trinajstić information content (AvgIpc) is 2.29. The van der Waals surface area contributed by atoms with Gasteiger partial charge in [-0.15, -0.1) is 0 Å². The molecular weight excluding hydrogens is 319 g/mol. The Labute approximate surface area is 119 Å². The molecule has 4 nitrogen and oxygen atoms in total. The summed E-state index contributed by atoms with van der Waals surface area (Å²) >= 11 is 3.10. The van der Waals surface area contributed by atoms with Crippen LogP contribution in [0.25, 0.3) is 0 Å². The van der Waals surface area contributed by atoms with Crippen LogP contribution in [0.5, 0.6) is 11.5 Å². The SMILES string of the molecule is COc1c(C(C)(C)CC(=O)O)cc(Br)c(F)c1OC. The van der Waals surface area contributed by atoms with Crippen LogP contribution in [0.4, 0.5) is 4.39 Å². The van der Waals surface area contributed by atoms with Crippen molar-refractivity contribution in [3.05, 3.63) is 21.9 Å². The van der Waals surface area contributed by atoms with Gasteiger partial charge in [0.25, 0.3) is 0 Å². The summed E-state index contributed by atoms with van der Waals surface area (Å²) in [5.41, 5.74) is -0.150. The third-order valence-electron chi connectivity index (χ3n) is 2.86. The van der Waals surface area contributed by atoms with Crippen LogP contribution in [0.3, 0.4) is 0 Å². The monoisotopic (exact) mass is 334 g/mol. The van der Waals surface area contributed by atoms with Gasteiger partial charge in [0, 0.05) is 11.0 Å². The van der Waals surface area contributed by atoms with E-state index in [1.165, 1.54) is 20.3 Å². The fourth-order valence-corrected chi connectivity index (χ4v) is 2.36. The average molecular weight is 335 g/mol. The molecule has 1 aromatic rings. The number of hydrogen-bond acceptors (Lipinski definition) is 3. The summed E-state index contributed by atoms with van der Waals surface area (Å²) in [6.07, 6.45) is -0.107. The van der Waals surface area contributed by atoms with Gasteiger partial charge in [0.2, 0.25) is 0 Å². The van der Waals surface area contributed by atoms with Crippen LogP contribution >= 0.6 is 15.9 Å². The minimum atomic E-state index is -0.938. The molecule has 1 N–H and O–H groups in total. The first-order valence-electron chi connectivity index (χ1n) is 5.56. The van der Waals surface area contributed by atoms with E-state index in [1.807, 2.05) is 0 Å². The van der Waals surface area contributed by atoms with E-state index >= 15 is 0 Å². The number of carboxylic acids is 1. The van der Waals surface area contributed by atoms with E-state index in [-0.39, 0.29) is 22.4 Å². The van der Waals surface area contributed by atoms with Crippen LogP contribution in [0.15, 0.2) is 10.5 Å². The molecule has 0 radical (unpaired) electrons. The van der Waals surface area contributed by atoms with Crippen molar-refractivity contribution in [2.24, 2.45) is 0 Å². The minimum absolute atomic E-state index is 0.0367. The van der Waals surface area contributed by atoms with E-state index in [2.05, 4.69) is 15.9 Å². The maximum atomic E-state index is 13.9. The maximum absolute atomic E-state index is 13.9. The van der Waals surface area contributed by atoms with Gasteiger partial charge in [-0.3, -0.25) is 4.79 Å². The van der Waals surface area contributed by atoms with Crippen molar-refractivity contribution in [2.75, 3.05) is 14.2 Å². The van der Waals surface area contributed by atoms with Crippen molar-refractivity contribution < 1.29 is 23.8 Å².